The summed E-state index contributed by atoms with van der Waals surface area (Å²) >= 11 is 5.56. The molecule has 2 aromatic carbocycles. The number of rotatable bonds is 7. The van der Waals surface area contributed by atoms with Crippen molar-refractivity contribution in [1.82, 2.24) is 4.90 Å². The van der Waals surface area contributed by atoms with Crippen molar-refractivity contribution in [2.24, 2.45) is 0 Å². The Bertz CT molecular complexity index is 935. The standard InChI is InChI=1S/C20H20ClF3N2O4/c1-4-30-16-8-5-12(9-17(16)29-3)19(28)26(2)11-18(27)25-13-6-7-15(21)14(10-13)20(22,23)24/h5-10H,4,11H2,1-3H3,(H,25,27). The van der Waals surface area contributed by atoms with E-state index in [-0.39, 0.29) is 17.8 Å². The second kappa shape index (κ2) is 9.71. The number of nitrogens with one attached hydrogen (secondary N) is 1. The molecule has 0 aliphatic heterocycles. The Kier molecular flexibility index (Phi) is 7.55. The molecule has 0 saturated carbocycles. The molecular formula is C20H20ClF3N2O4. The third-order valence-corrected chi connectivity index (χ3v) is 4.32. The largest absolute Gasteiger partial charge is 0.493 e. The number of methoxy groups -OCH3 is 1. The number of carbonyl (C=O) groups excluding carboxylic acids is 2. The third-order valence-electron chi connectivity index (χ3n) is 3.99. The molecule has 0 unspecified atom stereocenters. The van der Waals surface area contributed by atoms with Gasteiger partial charge in [-0.25, -0.2) is 0 Å². The number of amides is 2. The van der Waals surface area contributed by atoms with Crippen molar-refractivity contribution < 1.29 is 32.2 Å². The molecule has 162 valence electrons. The molecule has 6 nitrogen and oxygen atoms in total. The van der Waals surface area contributed by atoms with Gasteiger partial charge in [-0.3, -0.25) is 9.59 Å². The monoisotopic (exact) mass is 444 g/mol. The highest BCUT2D eigenvalue weighted by atomic mass is 35.5. The molecule has 2 aromatic rings. The SMILES string of the molecule is CCOc1ccc(C(=O)N(C)CC(=O)Nc2ccc(Cl)c(C(F)(F)F)c2)cc1OC. The first-order valence-electron chi connectivity index (χ1n) is 8.79. The van der Waals surface area contributed by atoms with Gasteiger partial charge in [-0.05, 0) is 43.3 Å². The summed E-state index contributed by atoms with van der Waals surface area (Å²) < 4.78 is 49.4. The van der Waals surface area contributed by atoms with E-state index in [1.807, 2.05) is 6.92 Å². The maximum absolute atomic E-state index is 12.9. The van der Waals surface area contributed by atoms with Crippen LogP contribution in [0.1, 0.15) is 22.8 Å². The Hall–Kier alpha value is -2.94. The van der Waals surface area contributed by atoms with Gasteiger partial charge in [0.05, 0.1) is 30.8 Å². The number of benzene rings is 2. The van der Waals surface area contributed by atoms with Crippen LogP contribution >= 0.6 is 11.6 Å². The average Bonchev–Trinajstić information content (AvgIpc) is 2.68. The van der Waals surface area contributed by atoms with Crippen molar-refractivity contribution in [3.8, 4) is 11.5 Å². The molecule has 0 spiro atoms. The van der Waals surface area contributed by atoms with E-state index in [1.165, 1.54) is 32.4 Å². The maximum Gasteiger partial charge on any atom is 0.417 e. The second-order valence-corrected chi connectivity index (χ2v) is 6.61. The first-order valence-corrected chi connectivity index (χ1v) is 9.17. The summed E-state index contributed by atoms with van der Waals surface area (Å²) in [5.41, 5.74) is -0.885. The Labute approximate surface area is 176 Å². The number of alkyl halides is 3. The van der Waals surface area contributed by atoms with Gasteiger partial charge in [-0.15, -0.1) is 0 Å². The Morgan fingerprint density at radius 1 is 1.13 bits per heavy atom. The number of hydrogen-bond acceptors (Lipinski definition) is 4. The van der Waals surface area contributed by atoms with Crippen LogP contribution in [0.3, 0.4) is 0 Å². The minimum Gasteiger partial charge on any atom is -0.493 e. The van der Waals surface area contributed by atoms with Gasteiger partial charge in [0, 0.05) is 18.3 Å². The van der Waals surface area contributed by atoms with Gasteiger partial charge in [0.1, 0.15) is 0 Å². The predicted octanol–water partition coefficient (Wildman–Crippen LogP) is 4.48. The highest BCUT2D eigenvalue weighted by molar-refractivity contribution is 6.31. The third kappa shape index (κ3) is 5.79. The summed E-state index contributed by atoms with van der Waals surface area (Å²) in [4.78, 5) is 25.9. The van der Waals surface area contributed by atoms with Crippen LogP contribution in [0.5, 0.6) is 11.5 Å². The molecule has 0 aromatic heterocycles. The Morgan fingerprint density at radius 3 is 2.43 bits per heavy atom. The Balaban J connectivity index is 2.08. The van der Waals surface area contributed by atoms with Crippen LogP contribution in [0.4, 0.5) is 18.9 Å². The summed E-state index contributed by atoms with van der Waals surface area (Å²) in [6.45, 7) is 1.85. The van der Waals surface area contributed by atoms with E-state index in [1.54, 1.807) is 6.07 Å². The van der Waals surface area contributed by atoms with Crippen molar-refractivity contribution in [1.29, 1.82) is 0 Å². The van der Waals surface area contributed by atoms with Crippen LogP contribution in [0.25, 0.3) is 0 Å². The minimum absolute atomic E-state index is 0.0830. The van der Waals surface area contributed by atoms with Gasteiger partial charge in [0.25, 0.3) is 5.91 Å². The lowest BCUT2D eigenvalue weighted by Gasteiger charge is -2.18. The fourth-order valence-electron chi connectivity index (χ4n) is 2.60. The van der Waals surface area contributed by atoms with Gasteiger partial charge in [0.15, 0.2) is 11.5 Å². The quantitative estimate of drug-likeness (QED) is 0.684. The number of ether oxygens (including phenoxy) is 2. The van der Waals surface area contributed by atoms with Crippen LogP contribution in [-0.4, -0.2) is 44.0 Å². The molecule has 2 rings (SSSR count). The van der Waals surface area contributed by atoms with Crippen molar-refractivity contribution in [3.05, 3.63) is 52.5 Å². The average molecular weight is 445 g/mol. The van der Waals surface area contributed by atoms with E-state index in [0.717, 1.165) is 17.0 Å². The van der Waals surface area contributed by atoms with Crippen LogP contribution in [0.2, 0.25) is 5.02 Å². The van der Waals surface area contributed by atoms with E-state index >= 15 is 0 Å². The molecule has 10 heteroatoms. The van der Waals surface area contributed by atoms with Crippen molar-refractivity contribution in [3.63, 3.8) is 0 Å². The summed E-state index contributed by atoms with van der Waals surface area (Å²) in [5.74, 6) is -0.306. The lowest BCUT2D eigenvalue weighted by atomic mass is 10.1. The molecule has 0 bridgehead atoms. The number of carbonyl (C=O) groups is 2. The molecule has 0 saturated heterocycles. The molecule has 2 amide bonds. The summed E-state index contributed by atoms with van der Waals surface area (Å²) in [6, 6.07) is 7.61. The molecule has 0 aliphatic carbocycles. The highest BCUT2D eigenvalue weighted by Gasteiger charge is 2.33. The zero-order chi connectivity index (χ0) is 22.5. The van der Waals surface area contributed by atoms with E-state index in [2.05, 4.69) is 5.32 Å². The highest BCUT2D eigenvalue weighted by Crippen LogP contribution is 2.36. The van der Waals surface area contributed by atoms with Gasteiger partial charge >= 0.3 is 6.18 Å². The lowest BCUT2D eigenvalue weighted by molar-refractivity contribution is -0.137. The Morgan fingerprint density at radius 2 is 1.83 bits per heavy atom. The normalized spacial score (nSPS) is 11.0. The minimum atomic E-state index is -4.66. The molecular weight excluding hydrogens is 425 g/mol. The van der Waals surface area contributed by atoms with Crippen molar-refractivity contribution >= 4 is 29.1 Å². The zero-order valence-corrected chi connectivity index (χ0v) is 17.2. The maximum atomic E-state index is 12.9. The van der Waals surface area contributed by atoms with Gasteiger partial charge in [0.2, 0.25) is 5.91 Å². The smallest absolute Gasteiger partial charge is 0.417 e. The van der Waals surface area contributed by atoms with Crippen LogP contribution in [-0.2, 0) is 11.0 Å². The molecule has 0 aliphatic rings. The number of nitrogens with zero attached hydrogens (tertiary/aromatic N) is 1. The molecule has 30 heavy (non-hydrogen) atoms. The van der Waals surface area contributed by atoms with Crippen LogP contribution in [0.15, 0.2) is 36.4 Å². The molecule has 0 heterocycles. The van der Waals surface area contributed by atoms with Crippen LogP contribution < -0.4 is 14.8 Å². The predicted molar refractivity (Wildman–Crippen MR) is 106 cm³/mol. The number of anilines is 1. The molecule has 0 fully saturated rings. The number of hydrogen-bond donors (Lipinski definition) is 1. The topological polar surface area (TPSA) is 67.9 Å². The summed E-state index contributed by atoms with van der Waals surface area (Å²) in [7, 11) is 2.83. The first-order chi connectivity index (χ1) is 14.1. The second-order valence-electron chi connectivity index (χ2n) is 6.20. The van der Waals surface area contributed by atoms with Gasteiger partial charge in [-0.2, -0.15) is 13.2 Å². The van der Waals surface area contributed by atoms with Gasteiger partial charge in [-0.1, -0.05) is 11.6 Å². The summed E-state index contributed by atoms with van der Waals surface area (Å²) in [6.07, 6.45) is -4.66. The lowest BCUT2D eigenvalue weighted by Crippen LogP contribution is -2.35. The number of halogens is 4. The van der Waals surface area contributed by atoms with Crippen molar-refractivity contribution in [2.45, 2.75) is 13.1 Å². The summed E-state index contributed by atoms with van der Waals surface area (Å²) in [5, 5.41) is 1.86. The van der Waals surface area contributed by atoms with Crippen LogP contribution in [0, 0.1) is 0 Å². The van der Waals surface area contributed by atoms with E-state index in [4.69, 9.17) is 21.1 Å². The fraction of sp³-hybridized carbons (Fsp3) is 0.300. The number of likely N-dealkylation sites (N-methyl/N-ethyl adjacent to an activating group) is 1. The molecule has 0 radical (unpaired) electrons. The van der Waals surface area contributed by atoms with E-state index < -0.39 is 28.6 Å². The first kappa shape index (κ1) is 23.3. The zero-order valence-electron chi connectivity index (χ0n) is 16.5. The van der Waals surface area contributed by atoms with E-state index in [9.17, 15) is 22.8 Å². The fourth-order valence-corrected chi connectivity index (χ4v) is 2.83. The van der Waals surface area contributed by atoms with Crippen molar-refractivity contribution in [2.75, 3.05) is 32.6 Å². The molecule has 1 N–H and O–H groups in total. The molecule has 0 atom stereocenters. The van der Waals surface area contributed by atoms with Gasteiger partial charge < -0.3 is 19.7 Å². The van der Waals surface area contributed by atoms with E-state index in [0.29, 0.717) is 18.1 Å².